The molecule has 0 aliphatic carbocycles. The molecule has 2 N–H and O–H groups in total. The number of carbonyl (C=O) groups excluding carboxylic acids is 2. The van der Waals surface area contributed by atoms with Gasteiger partial charge >= 0.3 is 0 Å². The number of rotatable bonds is 4. The molecule has 0 unspecified atom stereocenters. The van der Waals surface area contributed by atoms with E-state index >= 15 is 0 Å². The van der Waals surface area contributed by atoms with E-state index in [2.05, 4.69) is 26.8 Å². The normalized spacial score (nSPS) is 10.2. The average Bonchev–Trinajstić information content (AvgIpc) is 2.51. The van der Waals surface area contributed by atoms with Crippen molar-refractivity contribution in [3.63, 3.8) is 0 Å². The first-order chi connectivity index (χ1) is 11.4. The number of hydrazine groups is 1. The van der Waals surface area contributed by atoms with Crippen molar-refractivity contribution in [1.29, 1.82) is 0 Å². The Morgan fingerprint density at radius 2 is 1.67 bits per heavy atom. The molecule has 0 bridgehead atoms. The summed E-state index contributed by atoms with van der Waals surface area (Å²) in [7, 11) is 0. The molecule has 0 saturated heterocycles. The van der Waals surface area contributed by atoms with Gasteiger partial charge < -0.3 is 4.74 Å². The second-order valence-electron chi connectivity index (χ2n) is 4.49. The Morgan fingerprint density at radius 1 is 1.00 bits per heavy atom. The summed E-state index contributed by atoms with van der Waals surface area (Å²) in [5.74, 6) is -0.672. The summed E-state index contributed by atoms with van der Waals surface area (Å²) < 4.78 is 5.93. The zero-order chi connectivity index (χ0) is 17.7. The van der Waals surface area contributed by atoms with Crippen molar-refractivity contribution in [1.82, 2.24) is 10.9 Å². The molecule has 0 aromatic heterocycles. The largest absolute Gasteiger partial charge is 0.483 e. The van der Waals surface area contributed by atoms with Crippen LogP contribution in [0.5, 0.6) is 5.75 Å². The average molecular weight is 453 g/mol. The third kappa shape index (κ3) is 5.27. The Kier molecular flexibility index (Phi) is 6.74. The molecule has 2 amide bonds. The number of benzene rings is 2. The van der Waals surface area contributed by atoms with Crippen LogP contribution in [-0.2, 0) is 4.79 Å². The van der Waals surface area contributed by atoms with Crippen LogP contribution in [0.15, 0.2) is 40.9 Å². The van der Waals surface area contributed by atoms with E-state index < -0.39 is 11.8 Å². The van der Waals surface area contributed by atoms with Gasteiger partial charge in [-0.2, -0.15) is 0 Å². The van der Waals surface area contributed by atoms with Crippen LogP contribution in [0.3, 0.4) is 0 Å². The Bertz CT molecular complexity index is 787. The lowest BCUT2D eigenvalue weighted by atomic mass is 10.2. The smallest absolute Gasteiger partial charge is 0.276 e. The number of nitrogens with one attached hydrogen (secondary N) is 2. The SMILES string of the molecule is O=C(COc1ccc(Cl)cc1Br)NNC(=O)c1ccc(Cl)cc1Cl. The number of hydrogen-bond acceptors (Lipinski definition) is 3. The Hall–Kier alpha value is -1.47. The van der Waals surface area contributed by atoms with Crippen molar-refractivity contribution in [3.8, 4) is 5.75 Å². The molecule has 5 nitrogen and oxygen atoms in total. The van der Waals surface area contributed by atoms with Crippen LogP contribution in [0.1, 0.15) is 10.4 Å². The van der Waals surface area contributed by atoms with Crippen molar-refractivity contribution in [2.45, 2.75) is 0 Å². The molecule has 0 aliphatic heterocycles. The molecule has 0 saturated carbocycles. The number of carbonyl (C=O) groups is 2. The molecule has 9 heteroatoms. The lowest BCUT2D eigenvalue weighted by Gasteiger charge is -2.10. The van der Waals surface area contributed by atoms with Crippen molar-refractivity contribution in [2.75, 3.05) is 6.61 Å². The van der Waals surface area contributed by atoms with E-state index in [-0.39, 0.29) is 17.2 Å². The Morgan fingerprint density at radius 3 is 2.33 bits per heavy atom. The van der Waals surface area contributed by atoms with Crippen LogP contribution in [0, 0.1) is 0 Å². The highest BCUT2D eigenvalue weighted by molar-refractivity contribution is 9.10. The van der Waals surface area contributed by atoms with Crippen LogP contribution in [-0.4, -0.2) is 18.4 Å². The first kappa shape index (κ1) is 18.9. The first-order valence-corrected chi connectivity index (χ1v) is 8.41. The predicted molar refractivity (Wildman–Crippen MR) is 96.7 cm³/mol. The summed E-state index contributed by atoms with van der Waals surface area (Å²) in [6.07, 6.45) is 0. The number of hydrogen-bond donors (Lipinski definition) is 2. The molecule has 2 rings (SSSR count). The van der Waals surface area contributed by atoms with Crippen molar-refractivity contribution in [2.24, 2.45) is 0 Å². The first-order valence-electron chi connectivity index (χ1n) is 6.49. The van der Waals surface area contributed by atoms with E-state index in [4.69, 9.17) is 39.5 Å². The van der Waals surface area contributed by atoms with Gasteiger partial charge in [-0.15, -0.1) is 0 Å². The van der Waals surface area contributed by atoms with E-state index in [0.29, 0.717) is 20.3 Å². The van der Waals surface area contributed by atoms with Crippen molar-refractivity contribution >= 4 is 62.5 Å². The molecule has 2 aromatic carbocycles. The van der Waals surface area contributed by atoms with Crippen LogP contribution < -0.4 is 15.6 Å². The van der Waals surface area contributed by atoms with Gasteiger partial charge in [0.25, 0.3) is 11.8 Å². The maximum atomic E-state index is 11.9. The molecule has 2 aromatic rings. The van der Waals surface area contributed by atoms with Gasteiger partial charge in [0.05, 0.1) is 15.1 Å². The molecule has 0 aliphatic rings. The Labute approximate surface area is 161 Å². The minimum Gasteiger partial charge on any atom is -0.483 e. The summed E-state index contributed by atoms with van der Waals surface area (Å²) >= 11 is 20.8. The molecule has 0 radical (unpaired) electrons. The highest BCUT2D eigenvalue weighted by Crippen LogP contribution is 2.27. The van der Waals surface area contributed by atoms with E-state index in [1.165, 1.54) is 18.2 Å². The summed E-state index contributed by atoms with van der Waals surface area (Å²) in [5, 5.41) is 1.11. The minimum atomic E-state index is -0.572. The van der Waals surface area contributed by atoms with E-state index in [1.54, 1.807) is 18.2 Å². The highest BCUT2D eigenvalue weighted by atomic mass is 79.9. The molecular weight excluding hydrogens is 442 g/mol. The molecule has 24 heavy (non-hydrogen) atoms. The number of ether oxygens (including phenoxy) is 1. The van der Waals surface area contributed by atoms with Crippen LogP contribution in [0.4, 0.5) is 0 Å². The fourth-order valence-corrected chi connectivity index (χ4v) is 2.93. The van der Waals surface area contributed by atoms with Gasteiger partial charge in [0.15, 0.2) is 6.61 Å². The van der Waals surface area contributed by atoms with E-state index in [0.717, 1.165) is 0 Å². The monoisotopic (exact) mass is 450 g/mol. The third-order valence-electron chi connectivity index (χ3n) is 2.74. The minimum absolute atomic E-state index is 0.176. The van der Waals surface area contributed by atoms with Gasteiger partial charge in [-0.1, -0.05) is 34.8 Å². The quantitative estimate of drug-likeness (QED) is 0.682. The molecule has 0 fully saturated rings. The molecule has 0 heterocycles. The van der Waals surface area contributed by atoms with E-state index in [9.17, 15) is 9.59 Å². The van der Waals surface area contributed by atoms with Gasteiger partial charge in [-0.3, -0.25) is 20.4 Å². The molecule has 126 valence electrons. The number of amides is 2. The lowest BCUT2D eigenvalue weighted by Crippen LogP contribution is -2.43. The van der Waals surface area contributed by atoms with Crippen molar-refractivity contribution in [3.05, 3.63) is 61.5 Å². The maximum Gasteiger partial charge on any atom is 0.276 e. The summed E-state index contributed by atoms with van der Waals surface area (Å²) in [6.45, 7) is -0.297. The molecular formula is C15H10BrCl3N2O3. The zero-order valence-corrected chi connectivity index (χ0v) is 15.8. The lowest BCUT2D eigenvalue weighted by molar-refractivity contribution is -0.123. The predicted octanol–water partition coefficient (Wildman–Crippen LogP) is 4.25. The fourth-order valence-electron chi connectivity index (χ4n) is 1.64. The second-order valence-corrected chi connectivity index (χ2v) is 6.62. The molecule has 0 atom stereocenters. The Balaban J connectivity index is 1.85. The van der Waals surface area contributed by atoms with Gasteiger partial charge in [-0.05, 0) is 52.3 Å². The van der Waals surface area contributed by atoms with Crippen LogP contribution >= 0.6 is 50.7 Å². The van der Waals surface area contributed by atoms with Crippen molar-refractivity contribution < 1.29 is 14.3 Å². The second kappa shape index (κ2) is 8.58. The maximum absolute atomic E-state index is 11.9. The van der Waals surface area contributed by atoms with E-state index in [1.807, 2.05) is 0 Å². The highest BCUT2D eigenvalue weighted by Gasteiger charge is 2.12. The zero-order valence-electron chi connectivity index (χ0n) is 11.9. The summed E-state index contributed by atoms with van der Waals surface area (Å²) in [4.78, 5) is 23.7. The van der Waals surface area contributed by atoms with Gasteiger partial charge in [0.2, 0.25) is 0 Å². The number of halogens is 4. The van der Waals surface area contributed by atoms with Crippen LogP contribution in [0.2, 0.25) is 15.1 Å². The molecule has 0 spiro atoms. The fraction of sp³-hybridized carbons (Fsp3) is 0.0667. The summed E-state index contributed by atoms with van der Waals surface area (Å²) in [6, 6.07) is 9.29. The topological polar surface area (TPSA) is 67.4 Å². The summed E-state index contributed by atoms with van der Waals surface area (Å²) in [5.41, 5.74) is 4.65. The van der Waals surface area contributed by atoms with Gasteiger partial charge in [-0.25, -0.2) is 0 Å². The van der Waals surface area contributed by atoms with Gasteiger partial charge in [0.1, 0.15) is 5.75 Å². The van der Waals surface area contributed by atoms with Crippen LogP contribution in [0.25, 0.3) is 0 Å². The standard InChI is InChI=1S/C15H10BrCl3N2O3/c16-11-5-8(17)2-4-13(11)24-7-14(22)20-21-15(23)10-3-1-9(18)6-12(10)19/h1-6H,7H2,(H,20,22)(H,21,23). The van der Waals surface area contributed by atoms with Gasteiger partial charge in [0, 0.05) is 10.0 Å². The third-order valence-corrected chi connectivity index (χ3v) is 4.15.